The first-order chi connectivity index (χ1) is 15.2. The zero-order chi connectivity index (χ0) is 24.2. The van der Waals surface area contributed by atoms with Gasteiger partial charge in [-0.2, -0.15) is 11.8 Å². The summed E-state index contributed by atoms with van der Waals surface area (Å²) in [4.78, 5) is 46.4. The van der Waals surface area contributed by atoms with Crippen LogP contribution < -0.4 is 10.6 Å². The fraction of sp³-hybridized carbons (Fsp3) is 0.818. The van der Waals surface area contributed by atoms with Gasteiger partial charge in [0.1, 0.15) is 5.78 Å². The van der Waals surface area contributed by atoms with E-state index >= 15 is 0 Å². The molecule has 8 nitrogen and oxygen atoms in total. The van der Waals surface area contributed by atoms with E-state index in [4.69, 9.17) is 9.47 Å². The van der Waals surface area contributed by atoms with Crippen molar-refractivity contribution >= 4 is 46.9 Å². The number of amides is 2. The minimum Gasteiger partial charge on any atom is -0.378 e. The van der Waals surface area contributed by atoms with Crippen LogP contribution in [0.15, 0.2) is 0 Å². The molecule has 0 unspecified atom stereocenters. The van der Waals surface area contributed by atoms with Crippen LogP contribution in [-0.4, -0.2) is 85.4 Å². The molecule has 0 aliphatic carbocycles. The lowest BCUT2D eigenvalue weighted by molar-refractivity contribution is -0.124. The van der Waals surface area contributed by atoms with E-state index in [9.17, 15) is 19.2 Å². The predicted molar refractivity (Wildman–Crippen MR) is 131 cm³/mol. The number of hydrogen-bond donors (Lipinski definition) is 2. The lowest BCUT2D eigenvalue weighted by Gasteiger charge is -2.08. The maximum atomic E-state index is 11.7. The molecule has 2 amide bonds. The standard InChI is InChI=1S/C22H40N2O6S2/c1-17(2)13-20(26)14-23-22(28)16-32-12-10-30-8-7-29-9-11-31-15-19(25)5-6-21(27)24-18(3)4/h17-18H,5-16H2,1-4H3,(H,23,28)(H,24,27). The zero-order valence-corrected chi connectivity index (χ0v) is 21.5. The highest BCUT2D eigenvalue weighted by atomic mass is 32.2. The summed E-state index contributed by atoms with van der Waals surface area (Å²) in [7, 11) is 0. The first-order valence-electron chi connectivity index (χ1n) is 11.1. The van der Waals surface area contributed by atoms with Gasteiger partial charge in [0.2, 0.25) is 11.8 Å². The first-order valence-corrected chi connectivity index (χ1v) is 13.4. The smallest absolute Gasteiger partial charge is 0.230 e. The van der Waals surface area contributed by atoms with Crippen LogP contribution in [0.1, 0.15) is 47.0 Å². The van der Waals surface area contributed by atoms with Crippen LogP contribution in [0, 0.1) is 5.92 Å². The molecule has 10 heteroatoms. The van der Waals surface area contributed by atoms with Crippen LogP contribution in [0.4, 0.5) is 0 Å². The van der Waals surface area contributed by atoms with Crippen LogP contribution in [0.2, 0.25) is 0 Å². The normalized spacial score (nSPS) is 11.1. The van der Waals surface area contributed by atoms with E-state index < -0.39 is 0 Å². The molecule has 2 N–H and O–H groups in total. The Balaban J connectivity index is 3.39. The largest absolute Gasteiger partial charge is 0.378 e. The minimum atomic E-state index is -0.134. The Morgan fingerprint density at radius 1 is 0.750 bits per heavy atom. The van der Waals surface area contributed by atoms with Gasteiger partial charge in [-0.15, -0.1) is 11.8 Å². The highest BCUT2D eigenvalue weighted by molar-refractivity contribution is 8.00. The molecular formula is C22H40N2O6S2. The average molecular weight is 493 g/mol. The molecule has 0 radical (unpaired) electrons. The number of hydrogen-bond acceptors (Lipinski definition) is 8. The van der Waals surface area contributed by atoms with Crippen LogP contribution in [-0.2, 0) is 28.7 Å². The molecule has 0 saturated heterocycles. The van der Waals surface area contributed by atoms with Crippen molar-refractivity contribution in [2.45, 2.75) is 53.0 Å². The van der Waals surface area contributed by atoms with Gasteiger partial charge >= 0.3 is 0 Å². The summed E-state index contributed by atoms with van der Waals surface area (Å²) < 4.78 is 10.9. The molecule has 0 saturated carbocycles. The van der Waals surface area contributed by atoms with E-state index in [1.807, 2.05) is 27.7 Å². The second kappa shape index (κ2) is 20.5. The van der Waals surface area contributed by atoms with Crippen LogP contribution >= 0.6 is 23.5 Å². The molecule has 186 valence electrons. The third-order valence-corrected chi connectivity index (χ3v) is 5.71. The van der Waals surface area contributed by atoms with Crippen LogP contribution in [0.3, 0.4) is 0 Å². The summed E-state index contributed by atoms with van der Waals surface area (Å²) >= 11 is 2.97. The Morgan fingerprint density at radius 3 is 1.91 bits per heavy atom. The number of ketones is 2. The summed E-state index contributed by atoms with van der Waals surface area (Å²) in [6.07, 6.45) is 1.00. The summed E-state index contributed by atoms with van der Waals surface area (Å²) in [5, 5.41) is 5.41. The van der Waals surface area contributed by atoms with Gasteiger partial charge in [-0.3, -0.25) is 19.2 Å². The number of thioether (sulfide) groups is 2. The van der Waals surface area contributed by atoms with E-state index in [2.05, 4.69) is 10.6 Å². The summed E-state index contributed by atoms with van der Waals surface area (Å²) in [6, 6.07) is 0.0932. The maximum absolute atomic E-state index is 11.7. The van der Waals surface area contributed by atoms with Gasteiger partial charge in [0.05, 0.1) is 44.5 Å². The van der Waals surface area contributed by atoms with Gasteiger partial charge < -0.3 is 20.1 Å². The molecule has 0 spiro atoms. The molecule has 0 rings (SSSR count). The summed E-state index contributed by atoms with van der Waals surface area (Å²) in [5.41, 5.74) is 0. The molecule has 0 bridgehead atoms. The fourth-order valence-corrected chi connectivity index (χ4v) is 3.82. The van der Waals surface area contributed by atoms with Crippen molar-refractivity contribution in [3.05, 3.63) is 0 Å². The molecule has 0 aromatic rings. The van der Waals surface area contributed by atoms with Crippen molar-refractivity contribution < 1.29 is 28.7 Å². The summed E-state index contributed by atoms with van der Waals surface area (Å²) in [5.74, 6) is 2.33. The number of nitrogens with one attached hydrogen (secondary N) is 2. The topological polar surface area (TPSA) is 111 Å². The Bertz CT molecular complexity index is 511. The van der Waals surface area contributed by atoms with E-state index in [1.165, 1.54) is 23.5 Å². The Kier molecular flexibility index (Phi) is 19.8. The molecule has 0 aromatic carbocycles. The highest BCUT2D eigenvalue weighted by Gasteiger charge is 2.09. The molecule has 0 atom stereocenters. The highest BCUT2D eigenvalue weighted by Crippen LogP contribution is 2.04. The number of rotatable bonds is 21. The van der Waals surface area contributed by atoms with E-state index in [1.54, 1.807) is 0 Å². The van der Waals surface area contributed by atoms with Crippen molar-refractivity contribution in [3.8, 4) is 0 Å². The van der Waals surface area contributed by atoms with Crippen molar-refractivity contribution in [2.75, 3.05) is 56.0 Å². The van der Waals surface area contributed by atoms with Crippen molar-refractivity contribution in [3.63, 3.8) is 0 Å². The summed E-state index contributed by atoms with van der Waals surface area (Å²) in [6.45, 7) is 9.86. The Hall–Kier alpha value is -1.10. The van der Waals surface area contributed by atoms with Crippen LogP contribution in [0.25, 0.3) is 0 Å². The first kappa shape index (κ1) is 30.9. The SMILES string of the molecule is CC(C)CC(=O)CNC(=O)CSCCOCCOCCSCC(=O)CCC(=O)NC(C)C. The average Bonchev–Trinajstić information content (AvgIpc) is 2.70. The van der Waals surface area contributed by atoms with E-state index in [-0.39, 0.29) is 48.8 Å². The Morgan fingerprint density at radius 2 is 1.34 bits per heavy atom. The lowest BCUT2D eigenvalue weighted by atomic mass is 10.1. The minimum absolute atomic E-state index is 0.0535. The third-order valence-electron chi connectivity index (χ3n) is 3.81. The number of carbonyl (C=O) groups excluding carboxylic acids is 4. The fourth-order valence-electron chi connectivity index (χ4n) is 2.40. The lowest BCUT2D eigenvalue weighted by Crippen LogP contribution is -2.31. The van der Waals surface area contributed by atoms with Gasteiger partial charge in [0, 0.05) is 36.8 Å². The van der Waals surface area contributed by atoms with Gasteiger partial charge in [0.15, 0.2) is 5.78 Å². The monoisotopic (exact) mass is 492 g/mol. The van der Waals surface area contributed by atoms with E-state index in [0.29, 0.717) is 61.8 Å². The molecular weight excluding hydrogens is 452 g/mol. The van der Waals surface area contributed by atoms with Crippen molar-refractivity contribution in [2.24, 2.45) is 5.92 Å². The maximum Gasteiger partial charge on any atom is 0.230 e. The zero-order valence-electron chi connectivity index (χ0n) is 19.9. The molecule has 0 fully saturated rings. The Labute approximate surface area is 201 Å². The van der Waals surface area contributed by atoms with Crippen molar-refractivity contribution in [1.29, 1.82) is 0 Å². The molecule has 0 aliphatic rings. The molecule has 0 aromatic heterocycles. The second-order valence-electron chi connectivity index (χ2n) is 8.00. The van der Waals surface area contributed by atoms with E-state index in [0.717, 1.165) is 0 Å². The molecule has 0 heterocycles. The van der Waals surface area contributed by atoms with Gasteiger partial charge in [-0.1, -0.05) is 13.8 Å². The second-order valence-corrected chi connectivity index (χ2v) is 10.2. The third kappa shape index (κ3) is 22.1. The van der Waals surface area contributed by atoms with Crippen LogP contribution in [0.5, 0.6) is 0 Å². The number of ether oxygens (including phenoxy) is 2. The quantitative estimate of drug-likeness (QED) is 0.234. The van der Waals surface area contributed by atoms with Gasteiger partial charge in [-0.25, -0.2) is 0 Å². The van der Waals surface area contributed by atoms with Gasteiger partial charge in [0.25, 0.3) is 0 Å². The molecule has 0 aliphatic heterocycles. The predicted octanol–water partition coefficient (Wildman–Crippen LogP) is 2.09. The number of carbonyl (C=O) groups is 4. The van der Waals surface area contributed by atoms with Gasteiger partial charge in [-0.05, 0) is 19.8 Å². The number of Topliss-reactive ketones (excluding diaryl/α,β-unsaturated/α-hetero) is 2. The molecule has 32 heavy (non-hydrogen) atoms. The van der Waals surface area contributed by atoms with Crippen molar-refractivity contribution in [1.82, 2.24) is 10.6 Å².